The van der Waals surface area contributed by atoms with Crippen molar-refractivity contribution >= 4 is 11.8 Å². The molecule has 0 bridgehead atoms. The normalized spacial score (nSPS) is 12.4. The third kappa shape index (κ3) is 3.12. The van der Waals surface area contributed by atoms with E-state index in [-0.39, 0.29) is 6.04 Å². The van der Waals surface area contributed by atoms with E-state index in [9.17, 15) is 0 Å². The van der Waals surface area contributed by atoms with Crippen LogP contribution in [0.15, 0.2) is 46.5 Å². The van der Waals surface area contributed by atoms with E-state index >= 15 is 0 Å². The second-order valence-corrected chi connectivity index (χ2v) is 5.65. The molecule has 0 radical (unpaired) electrons. The number of nitrogens with zero attached hydrogens (tertiary/aromatic N) is 1. The van der Waals surface area contributed by atoms with Gasteiger partial charge >= 0.3 is 0 Å². The molecular weight excluding hydrogens is 240 g/mol. The molecular formula is C15H18N2S. The van der Waals surface area contributed by atoms with Crippen LogP contribution in [0.2, 0.25) is 0 Å². The lowest BCUT2D eigenvalue weighted by atomic mass is 10.2. The highest BCUT2D eigenvalue weighted by atomic mass is 32.2. The fraction of sp³-hybridized carbons (Fsp3) is 0.267. The first-order valence-electron chi connectivity index (χ1n) is 6.03. The van der Waals surface area contributed by atoms with Crippen molar-refractivity contribution in [2.75, 3.05) is 0 Å². The maximum absolute atomic E-state index is 5.81. The van der Waals surface area contributed by atoms with Crippen molar-refractivity contribution < 1.29 is 0 Å². The van der Waals surface area contributed by atoms with Crippen LogP contribution in [0.5, 0.6) is 0 Å². The summed E-state index contributed by atoms with van der Waals surface area (Å²) >= 11 is 1.70. The largest absolute Gasteiger partial charge is 0.324 e. The Balaban J connectivity index is 2.21. The molecule has 0 aliphatic heterocycles. The summed E-state index contributed by atoms with van der Waals surface area (Å²) in [6.45, 7) is 6.20. The molecule has 2 rings (SSSR count). The average molecular weight is 258 g/mol. The molecule has 18 heavy (non-hydrogen) atoms. The van der Waals surface area contributed by atoms with Crippen molar-refractivity contribution in [2.24, 2.45) is 5.73 Å². The van der Waals surface area contributed by atoms with E-state index in [1.165, 1.54) is 16.0 Å². The predicted molar refractivity (Wildman–Crippen MR) is 76.9 cm³/mol. The molecule has 0 saturated heterocycles. The molecule has 3 heteroatoms. The van der Waals surface area contributed by atoms with E-state index in [2.05, 4.69) is 37.0 Å². The Kier molecular flexibility index (Phi) is 4.04. The van der Waals surface area contributed by atoms with E-state index in [1.54, 1.807) is 11.8 Å². The van der Waals surface area contributed by atoms with Crippen LogP contribution in [0.4, 0.5) is 0 Å². The summed E-state index contributed by atoms with van der Waals surface area (Å²) in [6, 6.07) is 10.6. The lowest BCUT2D eigenvalue weighted by Crippen LogP contribution is -2.04. The minimum absolute atomic E-state index is 0.0391. The van der Waals surface area contributed by atoms with Gasteiger partial charge in [-0.1, -0.05) is 30.0 Å². The van der Waals surface area contributed by atoms with Gasteiger partial charge in [0.05, 0.1) is 0 Å². The molecule has 1 aromatic carbocycles. The van der Waals surface area contributed by atoms with Crippen LogP contribution in [0.1, 0.15) is 29.7 Å². The first kappa shape index (κ1) is 13.1. The standard InChI is InChI=1S/C15H18N2S/c1-10-4-5-11(2)14(8-10)18-15-7-6-13(9-17-15)12(3)16/h4-9,12H,16H2,1-3H3/t12-/m1/s1. The molecule has 0 unspecified atom stereocenters. The van der Waals surface area contributed by atoms with Crippen LogP contribution < -0.4 is 5.73 Å². The Morgan fingerprint density at radius 3 is 2.56 bits per heavy atom. The van der Waals surface area contributed by atoms with Gasteiger partial charge in [-0.2, -0.15) is 0 Å². The highest BCUT2D eigenvalue weighted by molar-refractivity contribution is 7.99. The van der Waals surface area contributed by atoms with Crippen LogP contribution in [0.25, 0.3) is 0 Å². The second-order valence-electron chi connectivity index (χ2n) is 4.59. The van der Waals surface area contributed by atoms with Gasteiger partial charge in [0, 0.05) is 17.1 Å². The molecule has 2 nitrogen and oxygen atoms in total. The van der Waals surface area contributed by atoms with E-state index in [0.717, 1.165) is 10.6 Å². The van der Waals surface area contributed by atoms with E-state index < -0.39 is 0 Å². The first-order chi connectivity index (χ1) is 8.56. The fourth-order valence-electron chi connectivity index (χ4n) is 1.65. The van der Waals surface area contributed by atoms with Gasteiger partial charge in [0.1, 0.15) is 5.03 Å². The van der Waals surface area contributed by atoms with Crippen LogP contribution in [-0.4, -0.2) is 4.98 Å². The van der Waals surface area contributed by atoms with Crippen molar-refractivity contribution in [2.45, 2.75) is 36.7 Å². The van der Waals surface area contributed by atoms with E-state index in [4.69, 9.17) is 5.73 Å². The van der Waals surface area contributed by atoms with Gasteiger partial charge in [0.25, 0.3) is 0 Å². The number of nitrogens with two attached hydrogens (primary N) is 1. The third-order valence-electron chi connectivity index (χ3n) is 2.84. The van der Waals surface area contributed by atoms with Gasteiger partial charge in [-0.25, -0.2) is 4.98 Å². The number of aryl methyl sites for hydroxylation is 2. The van der Waals surface area contributed by atoms with Crippen molar-refractivity contribution in [3.05, 3.63) is 53.2 Å². The third-order valence-corrected chi connectivity index (χ3v) is 3.95. The van der Waals surface area contributed by atoms with E-state index in [0.29, 0.717) is 0 Å². The molecule has 1 aromatic heterocycles. The summed E-state index contributed by atoms with van der Waals surface area (Å²) in [5.41, 5.74) is 9.44. The summed E-state index contributed by atoms with van der Waals surface area (Å²) in [4.78, 5) is 5.71. The maximum Gasteiger partial charge on any atom is 0.101 e. The van der Waals surface area contributed by atoms with Gasteiger partial charge in [0.15, 0.2) is 0 Å². The number of benzene rings is 1. The highest BCUT2D eigenvalue weighted by Gasteiger charge is 2.04. The molecule has 0 aliphatic carbocycles. The Morgan fingerprint density at radius 2 is 1.94 bits per heavy atom. The summed E-state index contributed by atoms with van der Waals surface area (Å²) in [5.74, 6) is 0. The number of pyridine rings is 1. The van der Waals surface area contributed by atoms with Crippen molar-refractivity contribution in [1.82, 2.24) is 4.98 Å². The molecule has 2 N–H and O–H groups in total. The van der Waals surface area contributed by atoms with Gasteiger partial charge in [-0.05, 0) is 49.6 Å². The molecule has 94 valence electrons. The summed E-state index contributed by atoms with van der Waals surface area (Å²) in [6.07, 6.45) is 1.86. The minimum Gasteiger partial charge on any atom is -0.324 e. The Labute approximate surface area is 113 Å². The Morgan fingerprint density at radius 1 is 1.17 bits per heavy atom. The molecule has 1 heterocycles. The number of hydrogen-bond donors (Lipinski definition) is 1. The van der Waals surface area contributed by atoms with Crippen LogP contribution in [0, 0.1) is 13.8 Å². The molecule has 0 aliphatic rings. The van der Waals surface area contributed by atoms with Gasteiger partial charge in [-0.15, -0.1) is 0 Å². The Bertz CT molecular complexity index is 533. The molecule has 0 spiro atoms. The predicted octanol–water partition coefficient (Wildman–Crippen LogP) is 3.87. The smallest absolute Gasteiger partial charge is 0.101 e. The Hall–Kier alpha value is -1.32. The monoisotopic (exact) mass is 258 g/mol. The zero-order valence-corrected chi connectivity index (χ0v) is 11.8. The fourth-order valence-corrected chi connectivity index (χ4v) is 2.59. The molecule has 2 aromatic rings. The topological polar surface area (TPSA) is 38.9 Å². The molecule has 0 saturated carbocycles. The highest BCUT2D eigenvalue weighted by Crippen LogP contribution is 2.29. The number of hydrogen-bond acceptors (Lipinski definition) is 3. The molecule has 0 fully saturated rings. The number of aromatic nitrogens is 1. The molecule has 0 amide bonds. The van der Waals surface area contributed by atoms with Crippen LogP contribution in [-0.2, 0) is 0 Å². The minimum atomic E-state index is 0.0391. The van der Waals surface area contributed by atoms with Crippen molar-refractivity contribution in [3.8, 4) is 0 Å². The van der Waals surface area contributed by atoms with Crippen LogP contribution in [0.3, 0.4) is 0 Å². The molecule has 1 atom stereocenters. The first-order valence-corrected chi connectivity index (χ1v) is 6.84. The summed E-state index contributed by atoms with van der Waals surface area (Å²) < 4.78 is 0. The van der Waals surface area contributed by atoms with Crippen molar-refractivity contribution in [3.63, 3.8) is 0 Å². The zero-order chi connectivity index (χ0) is 13.1. The SMILES string of the molecule is Cc1ccc(C)c(Sc2ccc([C@@H](C)N)cn2)c1. The van der Waals surface area contributed by atoms with Gasteiger partial charge in [-0.3, -0.25) is 0 Å². The maximum atomic E-state index is 5.81. The number of rotatable bonds is 3. The van der Waals surface area contributed by atoms with Gasteiger partial charge in [0.2, 0.25) is 0 Å². The zero-order valence-electron chi connectivity index (χ0n) is 11.0. The second kappa shape index (κ2) is 5.55. The quantitative estimate of drug-likeness (QED) is 0.908. The lowest BCUT2D eigenvalue weighted by Gasteiger charge is -2.08. The van der Waals surface area contributed by atoms with Gasteiger partial charge < -0.3 is 5.73 Å². The summed E-state index contributed by atoms with van der Waals surface area (Å²) in [7, 11) is 0. The van der Waals surface area contributed by atoms with Crippen molar-refractivity contribution in [1.29, 1.82) is 0 Å². The van der Waals surface area contributed by atoms with E-state index in [1.807, 2.05) is 25.3 Å². The van der Waals surface area contributed by atoms with Crippen LogP contribution >= 0.6 is 11.8 Å². The lowest BCUT2D eigenvalue weighted by molar-refractivity contribution is 0.806. The summed E-state index contributed by atoms with van der Waals surface area (Å²) in [5, 5.41) is 1.01. The average Bonchev–Trinajstić information content (AvgIpc) is 2.34.